The lowest BCUT2D eigenvalue weighted by Crippen LogP contribution is -2.02. The summed E-state index contributed by atoms with van der Waals surface area (Å²) in [5.41, 5.74) is 6.01. The van der Waals surface area contributed by atoms with Gasteiger partial charge in [-0.05, 0) is 64.0 Å². The number of nitrogens with zero attached hydrogens (tertiary/aromatic N) is 3. The maximum absolute atomic E-state index is 6.47. The third-order valence-electron chi connectivity index (χ3n) is 9.59. The van der Waals surface area contributed by atoms with Crippen molar-refractivity contribution in [2.45, 2.75) is 0 Å². The van der Waals surface area contributed by atoms with E-state index in [9.17, 15) is 0 Å². The second kappa shape index (κ2) is 9.05. The van der Waals surface area contributed by atoms with E-state index in [0.29, 0.717) is 11.5 Å². The van der Waals surface area contributed by atoms with Gasteiger partial charge in [0.25, 0.3) is 0 Å². The highest BCUT2D eigenvalue weighted by molar-refractivity contribution is 6.24. The third-order valence-corrected chi connectivity index (χ3v) is 9.59. The molecule has 11 aromatic rings. The molecule has 5 nitrogen and oxygen atoms in total. The Bertz CT molecular complexity index is 3090. The molecule has 0 atom stereocenters. The number of para-hydroxylation sites is 2. The number of aromatic nitrogens is 3. The number of hydrogen-bond donors (Lipinski definition) is 0. The van der Waals surface area contributed by atoms with Gasteiger partial charge in [-0.25, -0.2) is 4.98 Å². The quantitative estimate of drug-likeness (QED) is 0.198. The SMILES string of the molecule is c1ccc2cc3c(cc2c1)c1c2ccccc2ccc1n3-c1nc(-c2ccc3c(c2)oc2ccccc23)nc2oc3ccccc3c12. The van der Waals surface area contributed by atoms with E-state index in [-0.39, 0.29) is 0 Å². The summed E-state index contributed by atoms with van der Waals surface area (Å²) in [5.74, 6) is 1.36. The molecular weight excluding hydrogens is 578 g/mol. The Morgan fingerprint density at radius 2 is 1.11 bits per heavy atom. The zero-order chi connectivity index (χ0) is 30.6. The second-order valence-corrected chi connectivity index (χ2v) is 12.2. The van der Waals surface area contributed by atoms with Crippen molar-refractivity contribution in [3.63, 3.8) is 0 Å². The van der Waals surface area contributed by atoms with Crippen LogP contribution in [0.3, 0.4) is 0 Å². The minimum absolute atomic E-state index is 0.549. The minimum atomic E-state index is 0.549. The van der Waals surface area contributed by atoms with Crippen LogP contribution in [0.25, 0.3) is 105 Å². The van der Waals surface area contributed by atoms with Gasteiger partial charge in [-0.2, -0.15) is 4.98 Å². The van der Waals surface area contributed by atoms with Crippen molar-refractivity contribution in [2.24, 2.45) is 0 Å². The Labute approximate surface area is 266 Å². The molecule has 11 rings (SSSR count). The summed E-state index contributed by atoms with van der Waals surface area (Å²) in [6.45, 7) is 0. The Morgan fingerprint density at radius 1 is 0.426 bits per heavy atom. The first kappa shape index (κ1) is 24.8. The van der Waals surface area contributed by atoms with Crippen molar-refractivity contribution in [2.75, 3.05) is 0 Å². The van der Waals surface area contributed by atoms with Crippen LogP contribution in [0, 0.1) is 0 Å². The number of hydrogen-bond acceptors (Lipinski definition) is 4. The summed E-state index contributed by atoms with van der Waals surface area (Å²) in [4.78, 5) is 10.4. The summed E-state index contributed by atoms with van der Waals surface area (Å²) in [6.07, 6.45) is 0. The van der Waals surface area contributed by atoms with E-state index in [1.807, 2.05) is 42.5 Å². The Morgan fingerprint density at radius 3 is 1.96 bits per heavy atom. The lowest BCUT2D eigenvalue weighted by Gasteiger charge is -2.11. The first-order chi connectivity index (χ1) is 23.3. The second-order valence-electron chi connectivity index (χ2n) is 12.2. The molecule has 0 bridgehead atoms. The highest BCUT2D eigenvalue weighted by Crippen LogP contribution is 2.42. The molecule has 0 fully saturated rings. The highest BCUT2D eigenvalue weighted by Gasteiger charge is 2.23. The average Bonchev–Trinajstić information content (AvgIpc) is 3.79. The van der Waals surface area contributed by atoms with E-state index in [1.54, 1.807) is 0 Å². The molecule has 0 aliphatic carbocycles. The van der Waals surface area contributed by atoms with Crippen LogP contribution in [0.2, 0.25) is 0 Å². The third kappa shape index (κ3) is 3.43. The number of benzene rings is 7. The molecule has 0 radical (unpaired) electrons. The molecule has 0 aliphatic rings. The predicted octanol–water partition coefficient (Wildman–Crippen LogP) is 11.3. The average molecular weight is 602 g/mol. The molecule has 5 heteroatoms. The van der Waals surface area contributed by atoms with Gasteiger partial charge in [0.05, 0.1) is 16.4 Å². The van der Waals surface area contributed by atoms with Crippen LogP contribution in [0.4, 0.5) is 0 Å². The van der Waals surface area contributed by atoms with E-state index < -0.39 is 0 Å². The largest absolute Gasteiger partial charge is 0.456 e. The van der Waals surface area contributed by atoms with Crippen molar-refractivity contribution in [1.82, 2.24) is 14.5 Å². The van der Waals surface area contributed by atoms with Gasteiger partial charge < -0.3 is 8.83 Å². The molecule has 4 heterocycles. The molecular formula is C42H23N3O2. The zero-order valence-electron chi connectivity index (χ0n) is 24.9. The maximum atomic E-state index is 6.47. The molecule has 0 aliphatic heterocycles. The van der Waals surface area contributed by atoms with Gasteiger partial charge in [-0.15, -0.1) is 0 Å². The fourth-order valence-corrected chi connectivity index (χ4v) is 7.46. The van der Waals surface area contributed by atoms with Gasteiger partial charge in [0, 0.05) is 32.5 Å². The normalized spacial score (nSPS) is 12.3. The van der Waals surface area contributed by atoms with Crippen LogP contribution in [0.1, 0.15) is 0 Å². The van der Waals surface area contributed by atoms with E-state index in [4.69, 9.17) is 18.8 Å². The molecule has 7 aromatic carbocycles. The number of furan rings is 2. The van der Waals surface area contributed by atoms with E-state index in [0.717, 1.165) is 60.7 Å². The fourth-order valence-electron chi connectivity index (χ4n) is 7.46. The summed E-state index contributed by atoms with van der Waals surface area (Å²) < 4.78 is 15.0. The standard InChI is InChI=1S/C42H23N3O2/c1-2-11-26-22-34-32(21-25(26)10-1)38-28-12-4-3-9-24(28)18-20-33(38)45(34)41-39-31-14-6-8-16-36(31)47-42(39)44-40(43-41)27-17-19-30-29-13-5-7-15-35(29)46-37(30)23-27/h1-23H. The Kier molecular flexibility index (Phi) is 4.78. The van der Waals surface area contributed by atoms with Crippen LogP contribution < -0.4 is 0 Å². The lowest BCUT2D eigenvalue weighted by atomic mass is 10.0. The molecule has 47 heavy (non-hydrogen) atoms. The van der Waals surface area contributed by atoms with Crippen LogP contribution in [0.15, 0.2) is 148 Å². The van der Waals surface area contributed by atoms with Crippen molar-refractivity contribution in [1.29, 1.82) is 0 Å². The van der Waals surface area contributed by atoms with Crippen LogP contribution in [-0.2, 0) is 0 Å². The van der Waals surface area contributed by atoms with E-state index in [1.165, 1.54) is 32.3 Å². The topological polar surface area (TPSA) is 57.0 Å². The summed E-state index contributed by atoms with van der Waals surface area (Å²) in [7, 11) is 0. The molecule has 0 N–H and O–H groups in total. The van der Waals surface area contributed by atoms with E-state index in [2.05, 4.69) is 102 Å². The predicted molar refractivity (Wildman–Crippen MR) is 191 cm³/mol. The maximum Gasteiger partial charge on any atom is 0.233 e. The minimum Gasteiger partial charge on any atom is -0.456 e. The summed E-state index contributed by atoms with van der Waals surface area (Å²) >= 11 is 0. The van der Waals surface area contributed by atoms with Crippen molar-refractivity contribution in [3.8, 4) is 17.2 Å². The van der Waals surface area contributed by atoms with Crippen molar-refractivity contribution < 1.29 is 8.83 Å². The van der Waals surface area contributed by atoms with Gasteiger partial charge in [-0.3, -0.25) is 4.57 Å². The van der Waals surface area contributed by atoms with Gasteiger partial charge in [0.2, 0.25) is 5.71 Å². The van der Waals surface area contributed by atoms with Crippen LogP contribution >= 0.6 is 0 Å². The smallest absolute Gasteiger partial charge is 0.233 e. The van der Waals surface area contributed by atoms with Crippen LogP contribution in [0.5, 0.6) is 0 Å². The zero-order valence-corrected chi connectivity index (χ0v) is 24.9. The lowest BCUT2D eigenvalue weighted by molar-refractivity contribution is 0.653. The molecule has 4 aromatic heterocycles. The summed E-state index contributed by atoms with van der Waals surface area (Å²) in [5, 5.41) is 11.2. The highest BCUT2D eigenvalue weighted by atomic mass is 16.3. The van der Waals surface area contributed by atoms with Gasteiger partial charge in [0.15, 0.2) is 11.6 Å². The molecule has 0 amide bonds. The van der Waals surface area contributed by atoms with Crippen LogP contribution in [-0.4, -0.2) is 14.5 Å². The molecule has 0 saturated heterocycles. The van der Waals surface area contributed by atoms with Crippen molar-refractivity contribution >= 4 is 87.4 Å². The van der Waals surface area contributed by atoms with E-state index >= 15 is 0 Å². The first-order valence-electron chi connectivity index (χ1n) is 15.7. The Hall–Kier alpha value is -6.46. The van der Waals surface area contributed by atoms with Gasteiger partial charge in [0.1, 0.15) is 16.7 Å². The molecule has 0 spiro atoms. The molecule has 0 unspecified atom stereocenters. The fraction of sp³-hybridized carbons (Fsp3) is 0. The monoisotopic (exact) mass is 601 g/mol. The Balaban J connectivity index is 1.30. The van der Waals surface area contributed by atoms with Gasteiger partial charge >= 0.3 is 0 Å². The number of rotatable bonds is 2. The molecule has 218 valence electrons. The van der Waals surface area contributed by atoms with Crippen molar-refractivity contribution in [3.05, 3.63) is 140 Å². The van der Waals surface area contributed by atoms with Gasteiger partial charge in [-0.1, -0.05) is 97.1 Å². The molecule has 0 saturated carbocycles. The number of fused-ring (bicyclic) bond motifs is 12. The summed E-state index contributed by atoms with van der Waals surface area (Å²) in [6, 6.07) is 48.6. The first-order valence-corrected chi connectivity index (χ1v) is 15.7.